The van der Waals surface area contributed by atoms with Crippen molar-refractivity contribution < 1.29 is 14.3 Å². The third-order valence-electron chi connectivity index (χ3n) is 5.41. The van der Waals surface area contributed by atoms with Gasteiger partial charge >= 0.3 is 0 Å². The first-order chi connectivity index (χ1) is 13.7. The number of hydrogen-bond acceptors (Lipinski definition) is 5. The number of pyridine rings is 1. The topological polar surface area (TPSA) is 66.0 Å². The van der Waals surface area contributed by atoms with Crippen molar-refractivity contribution in [3.63, 3.8) is 0 Å². The lowest BCUT2D eigenvalue weighted by molar-refractivity contribution is -0.133. The van der Waals surface area contributed by atoms with Crippen LogP contribution in [0.4, 0.5) is 11.5 Å². The van der Waals surface area contributed by atoms with E-state index in [4.69, 9.17) is 4.74 Å². The van der Waals surface area contributed by atoms with Gasteiger partial charge in [0.25, 0.3) is 0 Å². The highest BCUT2D eigenvalue weighted by Crippen LogP contribution is 2.29. The Morgan fingerprint density at radius 2 is 1.82 bits per heavy atom. The molecule has 1 atom stereocenters. The highest BCUT2D eigenvalue weighted by molar-refractivity contribution is 6.03. The molecule has 2 aromatic rings. The minimum absolute atomic E-state index is 0.00404. The van der Waals surface area contributed by atoms with Crippen molar-refractivity contribution in [3.8, 4) is 5.75 Å². The lowest BCUT2D eigenvalue weighted by atomic mass is 10.1. The van der Waals surface area contributed by atoms with Gasteiger partial charge in [-0.3, -0.25) is 14.5 Å². The number of nitrogens with zero attached hydrogens (tertiary/aromatic N) is 4. The van der Waals surface area contributed by atoms with Crippen molar-refractivity contribution in [1.29, 1.82) is 0 Å². The smallest absolute Gasteiger partial charge is 0.245 e. The van der Waals surface area contributed by atoms with Gasteiger partial charge in [-0.05, 0) is 42.8 Å². The minimum atomic E-state index is -0.428. The molecular weight excluding hydrogens is 356 g/mol. The highest BCUT2D eigenvalue weighted by atomic mass is 16.5. The molecule has 0 radical (unpaired) electrons. The lowest BCUT2D eigenvalue weighted by Gasteiger charge is -2.37. The van der Waals surface area contributed by atoms with E-state index in [0.29, 0.717) is 25.9 Å². The van der Waals surface area contributed by atoms with E-state index in [1.54, 1.807) is 18.2 Å². The van der Waals surface area contributed by atoms with E-state index >= 15 is 0 Å². The average molecular weight is 380 g/mol. The predicted octanol–water partition coefficient (Wildman–Crippen LogP) is 1.93. The number of methoxy groups -OCH3 is 1. The number of carbonyl (C=O) groups is 2. The van der Waals surface area contributed by atoms with Crippen LogP contribution in [0.2, 0.25) is 0 Å². The molecule has 2 fully saturated rings. The molecule has 0 aliphatic carbocycles. The summed E-state index contributed by atoms with van der Waals surface area (Å²) >= 11 is 0. The highest BCUT2D eigenvalue weighted by Gasteiger charge is 2.39. The number of hydrogen-bond donors (Lipinski definition) is 0. The monoisotopic (exact) mass is 380 g/mol. The van der Waals surface area contributed by atoms with Crippen molar-refractivity contribution in [2.45, 2.75) is 18.9 Å². The van der Waals surface area contributed by atoms with Gasteiger partial charge in [0.05, 0.1) is 7.11 Å². The number of aromatic nitrogens is 1. The van der Waals surface area contributed by atoms with Crippen molar-refractivity contribution in [2.75, 3.05) is 43.1 Å². The van der Waals surface area contributed by atoms with E-state index in [0.717, 1.165) is 30.3 Å². The standard InChI is InChI=1S/C21H24N4O3/c1-28-17-7-5-16(6-8-17)25-18(9-10-20(25)26)21(27)24-14-12-23(13-15-24)19-4-2-3-11-22-19/h2-8,11,18H,9-10,12-15H2,1H3. The Morgan fingerprint density at radius 3 is 2.46 bits per heavy atom. The molecule has 146 valence electrons. The molecule has 7 heteroatoms. The van der Waals surface area contributed by atoms with Crippen LogP contribution < -0.4 is 14.5 Å². The summed E-state index contributed by atoms with van der Waals surface area (Å²) in [6.07, 6.45) is 2.74. The van der Waals surface area contributed by atoms with Crippen molar-refractivity contribution in [1.82, 2.24) is 9.88 Å². The molecule has 28 heavy (non-hydrogen) atoms. The summed E-state index contributed by atoms with van der Waals surface area (Å²) in [7, 11) is 1.60. The Bertz CT molecular complexity index is 832. The maximum absolute atomic E-state index is 13.2. The Hall–Kier alpha value is -3.09. The fourth-order valence-electron chi connectivity index (χ4n) is 3.89. The number of carbonyl (C=O) groups excluding carboxylic acids is 2. The number of piperazine rings is 1. The van der Waals surface area contributed by atoms with Gasteiger partial charge in [0.2, 0.25) is 11.8 Å². The third kappa shape index (κ3) is 3.52. The Labute approximate surface area is 164 Å². The summed E-state index contributed by atoms with van der Waals surface area (Å²) in [6.45, 7) is 2.75. The summed E-state index contributed by atoms with van der Waals surface area (Å²) < 4.78 is 5.19. The van der Waals surface area contributed by atoms with Crippen LogP contribution in [0.5, 0.6) is 5.75 Å². The molecular formula is C21H24N4O3. The molecule has 2 aliphatic heterocycles. The third-order valence-corrected chi connectivity index (χ3v) is 5.41. The fraction of sp³-hybridized carbons (Fsp3) is 0.381. The number of benzene rings is 1. The predicted molar refractivity (Wildman–Crippen MR) is 107 cm³/mol. The van der Waals surface area contributed by atoms with E-state index in [-0.39, 0.29) is 11.8 Å². The van der Waals surface area contributed by atoms with E-state index in [2.05, 4.69) is 9.88 Å². The molecule has 0 spiro atoms. The van der Waals surface area contributed by atoms with Crippen LogP contribution in [-0.2, 0) is 9.59 Å². The van der Waals surface area contributed by atoms with Gasteiger partial charge in [-0.25, -0.2) is 4.98 Å². The van der Waals surface area contributed by atoms with Gasteiger partial charge in [0, 0.05) is 44.5 Å². The molecule has 2 amide bonds. The lowest BCUT2D eigenvalue weighted by Crippen LogP contribution is -2.54. The molecule has 7 nitrogen and oxygen atoms in total. The molecule has 0 N–H and O–H groups in total. The zero-order valence-corrected chi connectivity index (χ0v) is 16.0. The minimum Gasteiger partial charge on any atom is -0.497 e. The van der Waals surface area contributed by atoms with Gasteiger partial charge in [0.15, 0.2) is 0 Å². The number of rotatable bonds is 4. The zero-order valence-electron chi connectivity index (χ0n) is 16.0. The van der Waals surface area contributed by atoms with E-state index in [9.17, 15) is 9.59 Å². The molecule has 4 rings (SSSR count). The largest absolute Gasteiger partial charge is 0.497 e. The van der Waals surface area contributed by atoms with Gasteiger partial charge in [-0.1, -0.05) is 6.07 Å². The Morgan fingerprint density at radius 1 is 1.07 bits per heavy atom. The summed E-state index contributed by atoms with van der Waals surface area (Å²) in [4.78, 5) is 35.7. The van der Waals surface area contributed by atoms with Crippen LogP contribution >= 0.6 is 0 Å². The van der Waals surface area contributed by atoms with Gasteiger partial charge in [-0.15, -0.1) is 0 Å². The van der Waals surface area contributed by atoms with Gasteiger partial charge in [-0.2, -0.15) is 0 Å². The molecule has 1 aromatic heterocycles. The van der Waals surface area contributed by atoms with E-state index in [1.807, 2.05) is 47.4 Å². The van der Waals surface area contributed by atoms with Crippen LogP contribution in [0.3, 0.4) is 0 Å². The second-order valence-electron chi connectivity index (χ2n) is 7.02. The Balaban J connectivity index is 1.44. The SMILES string of the molecule is COc1ccc(N2C(=O)CCC2C(=O)N2CCN(c3ccccn3)CC2)cc1. The van der Waals surface area contributed by atoms with Crippen molar-refractivity contribution >= 4 is 23.3 Å². The van der Waals surface area contributed by atoms with Gasteiger partial charge in [0.1, 0.15) is 17.6 Å². The molecule has 0 saturated carbocycles. The van der Waals surface area contributed by atoms with Crippen molar-refractivity contribution in [2.24, 2.45) is 0 Å². The normalized spacial score (nSPS) is 19.8. The summed E-state index contributed by atoms with van der Waals surface area (Å²) in [5.74, 6) is 1.69. The second-order valence-corrected chi connectivity index (χ2v) is 7.02. The number of anilines is 2. The molecule has 1 unspecified atom stereocenters. The first-order valence-electron chi connectivity index (χ1n) is 9.58. The van der Waals surface area contributed by atoms with Crippen LogP contribution in [0.1, 0.15) is 12.8 Å². The fourth-order valence-corrected chi connectivity index (χ4v) is 3.89. The first kappa shape index (κ1) is 18.3. The summed E-state index contributed by atoms with van der Waals surface area (Å²) in [6, 6.07) is 12.7. The van der Waals surface area contributed by atoms with E-state index < -0.39 is 6.04 Å². The zero-order chi connectivity index (χ0) is 19.5. The maximum atomic E-state index is 13.2. The van der Waals surface area contributed by atoms with Crippen LogP contribution in [0.15, 0.2) is 48.7 Å². The quantitative estimate of drug-likeness (QED) is 0.811. The molecule has 3 heterocycles. The van der Waals surface area contributed by atoms with Crippen LogP contribution in [-0.4, -0.2) is 61.0 Å². The number of amides is 2. The maximum Gasteiger partial charge on any atom is 0.245 e. The number of ether oxygens (including phenoxy) is 1. The average Bonchev–Trinajstić information content (AvgIpc) is 3.15. The van der Waals surface area contributed by atoms with Gasteiger partial charge < -0.3 is 14.5 Å². The Kier molecular flexibility index (Phi) is 5.14. The summed E-state index contributed by atoms with van der Waals surface area (Å²) in [5.41, 5.74) is 0.744. The second kappa shape index (κ2) is 7.88. The first-order valence-corrected chi connectivity index (χ1v) is 9.58. The molecule has 2 saturated heterocycles. The van der Waals surface area contributed by atoms with E-state index in [1.165, 1.54) is 0 Å². The molecule has 2 aliphatic rings. The van der Waals surface area contributed by atoms with Crippen LogP contribution in [0, 0.1) is 0 Å². The molecule has 1 aromatic carbocycles. The summed E-state index contributed by atoms with van der Waals surface area (Å²) in [5, 5.41) is 0. The van der Waals surface area contributed by atoms with Crippen molar-refractivity contribution in [3.05, 3.63) is 48.7 Å². The van der Waals surface area contributed by atoms with Crippen LogP contribution in [0.25, 0.3) is 0 Å². The molecule has 0 bridgehead atoms.